The van der Waals surface area contributed by atoms with Crippen LogP contribution < -0.4 is 0 Å². The van der Waals surface area contributed by atoms with Crippen LogP contribution in [0.15, 0.2) is 6.20 Å². The molecule has 0 radical (unpaired) electrons. The standard InChI is InChI=1S/C8H14N4/c1-12-5-3-2-4-8(12)7-6-9-11-10-7/h6,8H,2-5H2,1H3,(H,9,10,11). The van der Waals surface area contributed by atoms with Crippen molar-refractivity contribution in [2.75, 3.05) is 13.6 Å². The van der Waals surface area contributed by atoms with Crippen LogP contribution in [-0.2, 0) is 0 Å². The molecule has 12 heavy (non-hydrogen) atoms. The number of H-pyrrole nitrogens is 1. The van der Waals surface area contributed by atoms with Gasteiger partial charge >= 0.3 is 0 Å². The molecule has 1 saturated heterocycles. The normalized spacial score (nSPS) is 25.9. The molecule has 0 amide bonds. The Kier molecular flexibility index (Phi) is 2.08. The van der Waals surface area contributed by atoms with E-state index in [4.69, 9.17) is 0 Å². The van der Waals surface area contributed by atoms with Crippen LogP contribution in [0.2, 0.25) is 0 Å². The SMILES string of the molecule is CN1CCCCC1c1c[nH]nn1. The summed E-state index contributed by atoms with van der Waals surface area (Å²) >= 11 is 0. The molecule has 2 rings (SSSR count). The van der Waals surface area contributed by atoms with E-state index in [1.807, 2.05) is 6.20 Å². The van der Waals surface area contributed by atoms with Crippen molar-refractivity contribution in [1.29, 1.82) is 0 Å². The maximum Gasteiger partial charge on any atom is 0.0995 e. The predicted molar refractivity (Wildman–Crippen MR) is 45.6 cm³/mol. The number of aromatic amines is 1. The van der Waals surface area contributed by atoms with Crippen molar-refractivity contribution in [1.82, 2.24) is 20.3 Å². The van der Waals surface area contributed by atoms with Gasteiger partial charge in [-0.05, 0) is 26.4 Å². The summed E-state index contributed by atoms with van der Waals surface area (Å²) in [5, 5.41) is 10.5. The molecule has 0 bridgehead atoms. The van der Waals surface area contributed by atoms with Gasteiger partial charge in [0.1, 0.15) is 0 Å². The fourth-order valence-corrected chi connectivity index (χ4v) is 1.82. The quantitative estimate of drug-likeness (QED) is 0.676. The molecule has 2 heterocycles. The Bertz CT molecular complexity index is 231. The Morgan fingerprint density at radius 1 is 1.58 bits per heavy atom. The number of nitrogens with one attached hydrogen (secondary N) is 1. The van der Waals surface area contributed by atoms with Gasteiger partial charge in [0, 0.05) is 6.20 Å². The molecule has 0 aromatic carbocycles. The van der Waals surface area contributed by atoms with Gasteiger partial charge in [0.2, 0.25) is 0 Å². The Morgan fingerprint density at radius 3 is 3.17 bits per heavy atom. The van der Waals surface area contributed by atoms with E-state index in [0.29, 0.717) is 6.04 Å². The average molecular weight is 166 g/mol. The summed E-state index contributed by atoms with van der Waals surface area (Å²) in [7, 11) is 2.15. The fourth-order valence-electron chi connectivity index (χ4n) is 1.82. The molecule has 1 aromatic heterocycles. The summed E-state index contributed by atoms with van der Waals surface area (Å²) in [6.07, 6.45) is 5.72. The van der Waals surface area contributed by atoms with E-state index in [0.717, 1.165) is 5.69 Å². The zero-order chi connectivity index (χ0) is 8.39. The topological polar surface area (TPSA) is 44.8 Å². The number of aromatic nitrogens is 3. The van der Waals surface area contributed by atoms with Crippen molar-refractivity contribution >= 4 is 0 Å². The maximum atomic E-state index is 4.04. The average Bonchev–Trinajstić information content (AvgIpc) is 2.57. The number of piperidine rings is 1. The Hall–Kier alpha value is -0.900. The number of nitrogens with zero attached hydrogens (tertiary/aromatic N) is 3. The number of rotatable bonds is 1. The predicted octanol–water partition coefficient (Wildman–Crippen LogP) is 0.961. The molecule has 0 spiro atoms. The Labute approximate surface area is 72.0 Å². The van der Waals surface area contributed by atoms with E-state index in [9.17, 15) is 0 Å². The second kappa shape index (κ2) is 3.23. The zero-order valence-corrected chi connectivity index (χ0v) is 7.32. The second-order valence-electron chi connectivity index (χ2n) is 3.39. The molecule has 1 unspecified atom stereocenters. The lowest BCUT2D eigenvalue weighted by Crippen LogP contribution is -2.29. The lowest BCUT2D eigenvalue weighted by molar-refractivity contribution is 0.183. The highest BCUT2D eigenvalue weighted by atomic mass is 15.3. The summed E-state index contributed by atoms with van der Waals surface area (Å²) < 4.78 is 0. The lowest BCUT2D eigenvalue weighted by Gasteiger charge is -2.30. The molecule has 0 saturated carbocycles. The van der Waals surface area contributed by atoms with E-state index in [1.54, 1.807) is 0 Å². The van der Waals surface area contributed by atoms with Crippen LogP contribution in [-0.4, -0.2) is 33.9 Å². The summed E-state index contributed by atoms with van der Waals surface area (Å²) in [6, 6.07) is 0.484. The first kappa shape index (κ1) is 7.73. The molecule has 1 atom stereocenters. The molecule has 0 aliphatic carbocycles. The molecule has 1 N–H and O–H groups in total. The first-order valence-corrected chi connectivity index (χ1v) is 4.44. The molecule has 1 fully saturated rings. The van der Waals surface area contributed by atoms with Crippen molar-refractivity contribution < 1.29 is 0 Å². The smallest absolute Gasteiger partial charge is 0.0995 e. The molecule has 4 nitrogen and oxygen atoms in total. The largest absolute Gasteiger partial charge is 0.298 e. The summed E-state index contributed by atoms with van der Waals surface area (Å²) in [5.74, 6) is 0. The van der Waals surface area contributed by atoms with Crippen molar-refractivity contribution in [3.05, 3.63) is 11.9 Å². The van der Waals surface area contributed by atoms with Crippen molar-refractivity contribution in [3.63, 3.8) is 0 Å². The zero-order valence-electron chi connectivity index (χ0n) is 7.32. The van der Waals surface area contributed by atoms with Gasteiger partial charge in [-0.2, -0.15) is 0 Å². The van der Waals surface area contributed by atoms with Crippen LogP contribution in [0.3, 0.4) is 0 Å². The van der Waals surface area contributed by atoms with Gasteiger partial charge in [0.15, 0.2) is 0 Å². The van der Waals surface area contributed by atoms with Gasteiger partial charge in [-0.25, -0.2) is 0 Å². The van der Waals surface area contributed by atoms with E-state index in [2.05, 4.69) is 27.4 Å². The van der Waals surface area contributed by atoms with Crippen LogP contribution in [0.4, 0.5) is 0 Å². The first-order valence-electron chi connectivity index (χ1n) is 4.44. The highest BCUT2D eigenvalue weighted by Crippen LogP contribution is 2.26. The van der Waals surface area contributed by atoms with E-state index in [1.165, 1.54) is 25.8 Å². The minimum atomic E-state index is 0.484. The van der Waals surface area contributed by atoms with E-state index < -0.39 is 0 Å². The van der Waals surface area contributed by atoms with Crippen LogP contribution in [0.5, 0.6) is 0 Å². The molecule has 1 aliphatic heterocycles. The highest BCUT2D eigenvalue weighted by molar-refractivity contribution is 5.00. The highest BCUT2D eigenvalue weighted by Gasteiger charge is 2.22. The van der Waals surface area contributed by atoms with Crippen LogP contribution in [0.25, 0.3) is 0 Å². The van der Waals surface area contributed by atoms with Crippen LogP contribution in [0.1, 0.15) is 31.0 Å². The van der Waals surface area contributed by atoms with Crippen molar-refractivity contribution in [2.24, 2.45) is 0 Å². The minimum absolute atomic E-state index is 0.484. The molecular formula is C8H14N4. The van der Waals surface area contributed by atoms with Gasteiger partial charge in [-0.15, -0.1) is 5.10 Å². The number of hydrogen-bond donors (Lipinski definition) is 1. The fraction of sp³-hybridized carbons (Fsp3) is 0.750. The minimum Gasteiger partial charge on any atom is -0.298 e. The van der Waals surface area contributed by atoms with E-state index >= 15 is 0 Å². The first-order chi connectivity index (χ1) is 5.88. The van der Waals surface area contributed by atoms with E-state index in [-0.39, 0.29) is 0 Å². The third-order valence-electron chi connectivity index (χ3n) is 2.55. The Morgan fingerprint density at radius 2 is 2.50 bits per heavy atom. The lowest BCUT2D eigenvalue weighted by atomic mass is 10.0. The molecule has 1 aliphatic rings. The van der Waals surface area contributed by atoms with Gasteiger partial charge < -0.3 is 0 Å². The number of likely N-dealkylation sites (tertiary alicyclic amines) is 1. The van der Waals surface area contributed by atoms with Crippen molar-refractivity contribution in [3.8, 4) is 0 Å². The van der Waals surface area contributed by atoms with Gasteiger partial charge in [0.05, 0.1) is 11.7 Å². The molecule has 66 valence electrons. The summed E-state index contributed by atoms with van der Waals surface area (Å²) in [4.78, 5) is 2.35. The monoisotopic (exact) mass is 166 g/mol. The molecule has 4 heteroatoms. The van der Waals surface area contributed by atoms with Crippen molar-refractivity contribution in [2.45, 2.75) is 25.3 Å². The maximum absolute atomic E-state index is 4.04. The van der Waals surface area contributed by atoms with Gasteiger partial charge in [0.25, 0.3) is 0 Å². The molecule has 1 aromatic rings. The van der Waals surface area contributed by atoms with Gasteiger partial charge in [-0.3, -0.25) is 10.00 Å². The second-order valence-corrected chi connectivity index (χ2v) is 3.39. The third-order valence-corrected chi connectivity index (χ3v) is 2.55. The summed E-state index contributed by atoms with van der Waals surface area (Å²) in [6.45, 7) is 1.18. The van der Waals surface area contributed by atoms with Crippen LogP contribution >= 0.6 is 0 Å². The van der Waals surface area contributed by atoms with Gasteiger partial charge in [-0.1, -0.05) is 11.6 Å². The van der Waals surface area contributed by atoms with Crippen LogP contribution in [0, 0.1) is 0 Å². The molecular weight excluding hydrogens is 152 g/mol. The Balaban J connectivity index is 2.11. The third kappa shape index (κ3) is 1.34. The number of hydrogen-bond acceptors (Lipinski definition) is 3. The summed E-state index contributed by atoms with van der Waals surface area (Å²) in [5.41, 5.74) is 1.08.